The average Bonchev–Trinajstić information content (AvgIpc) is 3.45. The molecule has 2 aromatic carbocycles. The van der Waals surface area contributed by atoms with E-state index in [1.165, 1.54) is 10.5 Å². The van der Waals surface area contributed by atoms with Crippen LogP contribution in [0.25, 0.3) is 0 Å². The number of fused-ring (bicyclic) bond motifs is 1. The lowest BCUT2D eigenvalue weighted by molar-refractivity contribution is -0.147. The molecule has 1 heterocycles. The fourth-order valence-electron chi connectivity index (χ4n) is 6.04. The van der Waals surface area contributed by atoms with Gasteiger partial charge in [0.1, 0.15) is 12.6 Å². The molecule has 8 nitrogen and oxygen atoms in total. The average molecular weight is 535 g/mol. The lowest BCUT2D eigenvalue weighted by atomic mass is 9.78. The number of aryl methyl sites for hydroxylation is 1. The van der Waals surface area contributed by atoms with Gasteiger partial charge in [0, 0.05) is 17.5 Å². The fraction of sp³-hybridized carbons (Fsp3) is 0.484. The number of carboxylic acids is 1. The number of esters is 1. The van der Waals surface area contributed by atoms with E-state index in [0.717, 1.165) is 44.9 Å². The highest BCUT2D eigenvalue weighted by Gasteiger charge is 2.47. The SMILES string of the molecule is CCOC(=O)C1c2ccccc2N(CC(=O)O)C(=O)C(NC(=O)C2CCCC2)C1CCCCc1ccccc1. The van der Waals surface area contributed by atoms with E-state index in [-0.39, 0.29) is 18.4 Å². The second-order valence-corrected chi connectivity index (χ2v) is 10.5. The maximum absolute atomic E-state index is 14.1. The Bertz CT molecular complexity index is 1160. The Hall–Kier alpha value is -3.68. The standard InChI is InChI=1S/C31H38N2O6/c1-2-39-31(38)27-23-17-10-11-19-25(23)33(20-26(34)35)30(37)28(32-29(36)22-15-7-8-16-22)24(27)18-9-6-14-21-12-4-3-5-13-21/h3-5,10-13,17,19,22,24,27-28H,2,6-9,14-16,18,20H2,1H3,(H,32,36)(H,34,35). The Balaban J connectivity index is 1.71. The van der Waals surface area contributed by atoms with Crippen molar-refractivity contribution >= 4 is 29.4 Å². The molecule has 3 unspecified atom stereocenters. The van der Waals surface area contributed by atoms with Crippen LogP contribution in [0.2, 0.25) is 0 Å². The summed E-state index contributed by atoms with van der Waals surface area (Å²) in [5.41, 5.74) is 2.13. The number of amides is 2. The third-order valence-corrected chi connectivity index (χ3v) is 7.90. The van der Waals surface area contributed by atoms with Crippen LogP contribution in [-0.4, -0.2) is 48.1 Å². The van der Waals surface area contributed by atoms with Gasteiger partial charge in [-0.15, -0.1) is 0 Å². The van der Waals surface area contributed by atoms with Gasteiger partial charge in [0.05, 0.1) is 12.5 Å². The van der Waals surface area contributed by atoms with Crippen LogP contribution < -0.4 is 10.2 Å². The minimum atomic E-state index is -1.17. The van der Waals surface area contributed by atoms with Crippen molar-refractivity contribution in [2.24, 2.45) is 11.8 Å². The molecule has 208 valence electrons. The van der Waals surface area contributed by atoms with E-state index in [4.69, 9.17) is 4.74 Å². The summed E-state index contributed by atoms with van der Waals surface area (Å²) in [6, 6.07) is 16.0. The first kappa shape index (κ1) is 28.3. The summed E-state index contributed by atoms with van der Waals surface area (Å²) >= 11 is 0. The summed E-state index contributed by atoms with van der Waals surface area (Å²) in [7, 11) is 0. The van der Waals surface area contributed by atoms with Crippen molar-refractivity contribution in [1.29, 1.82) is 0 Å². The quantitative estimate of drug-likeness (QED) is 0.325. The van der Waals surface area contributed by atoms with Crippen LogP contribution >= 0.6 is 0 Å². The zero-order chi connectivity index (χ0) is 27.8. The highest BCUT2D eigenvalue weighted by Crippen LogP contribution is 2.42. The van der Waals surface area contributed by atoms with Gasteiger partial charge in [-0.2, -0.15) is 0 Å². The van der Waals surface area contributed by atoms with E-state index >= 15 is 0 Å². The van der Waals surface area contributed by atoms with Crippen LogP contribution in [0.15, 0.2) is 54.6 Å². The van der Waals surface area contributed by atoms with E-state index < -0.39 is 42.3 Å². The van der Waals surface area contributed by atoms with Gasteiger partial charge >= 0.3 is 11.9 Å². The van der Waals surface area contributed by atoms with Crippen LogP contribution in [0.4, 0.5) is 5.69 Å². The third-order valence-electron chi connectivity index (χ3n) is 7.90. The van der Waals surface area contributed by atoms with Gasteiger partial charge in [0.15, 0.2) is 0 Å². The number of rotatable bonds is 11. The van der Waals surface area contributed by atoms with Crippen molar-refractivity contribution in [2.75, 3.05) is 18.1 Å². The minimum Gasteiger partial charge on any atom is -0.480 e. The van der Waals surface area contributed by atoms with Gasteiger partial charge < -0.3 is 15.2 Å². The normalized spacial score (nSPS) is 21.2. The number of benzene rings is 2. The molecule has 1 aliphatic heterocycles. The summed E-state index contributed by atoms with van der Waals surface area (Å²) in [6.07, 6.45) is 6.35. The summed E-state index contributed by atoms with van der Waals surface area (Å²) in [5.74, 6) is -3.95. The number of anilines is 1. The number of hydrogen-bond acceptors (Lipinski definition) is 5. The Morgan fingerprint density at radius 1 is 1.00 bits per heavy atom. The molecule has 0 saturated heterocycles. The van der Waals surface area contributed by atoms with Crippen LogP contribution in [0.5, 0.6) is 0 Å². The maximum Gasteiger partial charge on any atom is 0.323 e. The van der Waals surface area contributed by atoms with Crippen LogP contribution in [0, 0.1) is 11.8 Å². The number of nitrogens with one attached hydrogen (secondary N) is 1. The van der Waals surface area contributed by atoms with Crippen LogP contribution in [0.1, 0.15) is 68.9 Å². The first-order valence-electron chi connectivity index (χ1n) is 14.0. The molecule has 2 N–H and O–H groups in total. The Labute approximate surface area is 229 Å². The van der Waals surface area contributed by atoms with Crippen molar-refractivity contribution in [3.8, 4) is 0 Å². The number of hydrogen-bond donors (Lipinski definition) is 2. The smallest absolute Gasteiger partial charge is 0.323 e. The third kappa shape index (κ3) is 6.85. The van der Waals surface area contributed by atoms with Crippen molar-refractivity contribution < 1.29 is 29.0 Å². The Kier molecular flexibility index (Phi) is 9.74. The number of aliphatic carboxylic acids is 1. The monoisotopic (exact) mass is 534 g/mol. The second kappa shape index (κ2) is 13.4. The van der Waals surface area contributed by atoms with Gasteiger partial charge in [0.2, 0.25) is 11.8 Å². The maximum atomic E-state index is 14.1. The van der Waals surface area contributed by atoms with Crippen molar-refractivity contribution in [3.05, 3.63) is 65.7 Å². The molecule has 2 aliphatic rings. The lowest BCUT2D eigenvalue weighted by Crippen LogP contribution is -2.54. The van der Waals surface area contributed by atoms with Gasteiger partial charge in [-0.3, -0.25) is 24.1 Å². The molecule has 0 bridgehead atoms. The minimum absolute atomic E-state index is 0.171. The van der Waals surface area contributed by atoms with Gasteiger partial charge in [-0.1, -0.05) is 67.8 Å². The molecule has 2 amide bonds. The molecule has 0 radical (unpaired) electrons. The molecule has 1 fully saturated rings. The largest absolute Gasteiger partial charge is 0.480 e. The summed E-state index contributed by atoms with van der Waals surface area (Å²) in [5, 5.41) is 12.7. The van der Waals surface area contributed by atoms with Crippen molar-refractivity contribution in [3.63, 3.8) is 0 Å². The van der Waals surface area contributed by atoms with Gasteiger partial charge in [-0.05, 0) is 56.2 Å². The fourth-order valence-corrected chi connectivity index (χ4v) is 6.04. The molecular formula is C31H38N2O6. The molecule has 2 aromatic rings. The Morgan fingerprint density at radius 2 is 1.69 bits per heavy atom. The zero-order valence-electron chi connectivity index (χ0n) is 22.5. The Morgan fingerprint density at radius 3 is 2.38 bits per heavy atom. The number of nitrogens with zero attached hydrogens (tertiary/aromatic N) is 1. The van der Waals surface area contributed by atoms with E-state index in [1.54, 1.807) is 31.2 Å². The molecule has 0 spiro atoms. The van der Waals surface area contributed by atoms with E-state index in [9.17, 15) is 24.3 Å². The number of unbranched alkanes of at least 4 members (excludes halogenated alkanes) is 1. The van der Waals surface area contributed by atoms with Crippen LogP contribution in [0.3, 0.4) is 0 Å². The first-order chi connectivity index (χ1) is 18.9. The molecule has 3 atom stereocenters. The van der Waals surface area contributed by atoms with Crippen LogP contribution in [-0.2, 0) is 30.3 Å². The molecule has 0 aromatic heterocycles. The van der Waals surface area contributed by atoms with Crippen molar-refractivity contribution in [1.82, 2.24) is 5.32 Å². The number of carbonyl (C=O) groups excluding carboxylic acids is 3. The predicted molar refractivity (Wildman–Crippen MR) is 147 cm³/mol. The van der Waals surface area contributed by atoms with E-state index in [0.29, 0.717) is 17.7 Å². The summed E-state index contributed by atoms with van der Waals surface area (Å²) < 4.78 is 5.51. The number of carboxylic acid groups (broad SMARTS) is 1. The summed E-state index contributed by atoms with van der Waals surface area (Å²) in [4.78, 5) is 54.0. The first-order valence-corrected chi connectivity index (χ1v) is 14.0. The molecule has 8 heteroatoms. The van der Waals surface area contributed by atoms with Gasteiger partial charge in [-0.25, -0.2) is 0 Å². The molecule has 4 rings (SSSR count). The molecular weight excluding hydrogens is 496 g/mol. The molecule has 1 saturated carbocycles. The topological polar surface area (TPSA) is 113 Å². The van der Waals surface area contributed by atoms with Crippen molar-refractivity contribution in [2.45, 2.75) is 70.3 Å². The zero-order valence-corrected chi connectivity index (χ0v) is 22.5. The lowest BCUT2D eigenvalue weighted by Gasteiger charge is -2.31. The second-order valence-electron chi connectivity index (χ2n) is 10.5. The number of ether oxygens (including phenoxy) is 1. The predicted octanol–water partition coefficient (Wildman–Crippen LogP) is 4.47. The van der Waals surface area contributed by atoms with E-state index in [2.05, 4.69) is 17.4 Å². The highest BCUT2D eigenvalue weighted by molar-refractivity contribution is 6.05. The number of para-hydroxylation sites is 1. The molecule has 39 heavy (non-hydrogen) atoms. The molecule has 1 aliphatic carbocycles. The highest BCUT2D eigenvalue weighted by atomic mass is 16.5. The number of carbonyl (C=O) groups is 4. The van der Waals surface area contributed by atoms with Gasteiger partial charge in [0.25, 0.3) is 0 Å². The summed E-state index contributed by atoms with van der Waals surface area (Å²) in [6.45, 7) is 1.34. The van der Waals surface area contributed by atoms with E-state index in [1.807, 2.05) is 18.2 Å².